The fourth-order valence-corrected chi connectivity index (χ4v) is 10.0. The van der Waals surface area contributed by atoms with Crippen LogP contribution in [0.3, 0.4) is 0 Å². The predicted molar refractivity (Wildman–Crippen MR) is 228 cm³/mol. The van der Waals surface area contributed by atoms with Crippen molar-refractivity contribution in [2.75, 3.05) is 0 Å². The van der Waals surface area contributed by atoms with Crippen molar-refractivity contribution in [3.05, 3.63) is 170 Å². The Morgan fingerprint density at radius 2 is 0.889 bits per heavy atom. The number of pyridine rings is 1. The van der Waals surface area contributed by atoms with Crippen molar-refractivity contribution < 1.29 is 0 Å². The Morgan fingerprint density at radius 1 is 0.333 bits per heavy atom. The van der Waals surface area contributed by atoms with Crippen LogP contribution in [0.4, 0.5) is 0 Å². The first-order valence-corrected chi connectivity index (χ1v) is 19.5. The standard InChI is InChI=1S/C48H28N4S2/c1-3-13-29(14-4-1)46-50-47(30-15-5-2-6-16-30)52-48(51-46)33-18-11-17-32(27-33)43-42-37-20-8-10-24-41(37)54-45(42)38-28-31(25-26-39(38)49-43)34-21-12-22-36-35-19-7-9-23-40(35)53-44(34)36/h1-28H. The van der Waals surface area contributed by atoms with E-state index in [4.69, 9.17) is 19.9 Å². The number of nitrogens with zero attached hydrogens (tertiary/aromatic N) is 4. The summed E-state index contributed by atoms with van der Waals surface area (Å²) in [5.41, 5.74) is 8.20. The first-order valence-electron chi connectivity index (χ1n) is 17.9. The fraction of sp³-hybridized carbons (Fsp3) is 0. The fourth-order valence-electron chi connectivity index (χ4n) is 7.56. The number of aromatic nitrogens is 4. The second-order valence-electron chi connectivity index (χ2n) is 13.4. The third-order valence-electron chi connectivity index (χ3n) is 10.1. The average Bonchev–Trinajstić information content (AvgIpc) is 3.83. The number of benzene rings is 7. The summed E-state index contributed by atoms with van der Waals surface area (Å²) < 4.78 is 5.11. The van der Waals surface area contributed by atoms with Crippen molar-refractivity contribution in [1.29, 1.82) is 0 Å². The molecule has 0 fully saturated rings. The van der Waals surface area contributed by atoms with Crippen molar-refractivity contribution in [2.45, 2.75) is 0 Å². The van der Waals surface area contributed by atoms with E-state index in [1.807, 2.05) is 83.3 Å². The van der Waals surface area contributed by atoms with Crippen LogP contribution < -0.4 is 0 Å². The summed E-state index contributed by atoms with van der Waals surface area (Å²) in [6.45, 7) is 0. The first-order chi connectivity index (χ1) is 26.7. The maximum absolute atomic E-state index is 5.45. The van der Waals surface area contributed by atoms with Crippen LogP contribution in [0.2, 0.25) is 0 Å². The molecule has 0 bridgehead atoms. The molecule has 0 radical (unpaired) electrons. The summed E-state index contributed by atoms with van der Waals surface area (Å²) in [5.74, 6) is 1.90. The molecule has 4 aromatic heterocycles. The topological polar surface area (TPSA) is 51.6 Å². The van der Waals surface area contributed by atoms with Crippen LogP contribution in [0.1, 0.15) is 0 Å². The summed E-state index contributed by atoms with van der Waals surface area (Å²) >= 11 is 3.71. The second kappa shape index (κ2) is 12.5. The van der Waals surface area contributed by atoms with Gasteiger partial charge in [-0.1, -0.05) is 140 Å². The van der Waals surface area contributed by atoms with E-state index in [2.05, 4.69) is 109 Å². The number of fused-ring (bicyclic) bond motifs is 8. The Hall–Kier alpha value is -6.60. The summed E-state index contributed by atoms with van der Waals surface area (Å²) in [5, 5.41) is 6.16. The summed E-state index contributed by atoms with van der Waals surface area (Å²) in [4.78, 5) is 20.4. The number of hydrogen-bond donors (Lipinski definition) is 0. The number of thiophene rings is 2. The number of hydrogen-bond acceptors (Lipinski definition) is 6. The lowest BCUT2D eigenvalue weighted by molar-refractivity contribution is 1.07. The van der Waals surface area contributed by atoms with E-state index < -0.39 is 0 Å². The van der Waals surface area contributed by atoms with E-state index in [-0.39, 0.29) is 0 Å². The van der Waals surface area contributed by atoms with Crippen LogP contribution in [0.25, 0.3) is 108 Å². The lowest BCUT2D eigenvalue weighted by atomic mass is 9.98. The lowest BCUT2D eigenvalue weighted by Crippen LogP contribution is -2.00. The Labute approximate surface area is 318 Å². The molecule has 0 aliphatic heterocycles. The highest BCUT2D eigenvalue weighted by molar-refractivity contribution is 7.27. The van der Waals surface area contributed by atoms with Gasteiger partial charge in [0.05, 0.1) is 11.2 Å². The van der Waals surface area contributed by atoms with Gasteiger partial charge in [-0.2, -0.15) is 0 Å². The van der Waals surface area contributed by atoms with Crippen molar-refractivity contribution in [1.82, 2.24) is 19.9 Å². The molecule has 0 aliphatic carbocycles. The Balaban J connectivity index is 1.10. The summed E-state index contributed by atoms with van der Waals surface area (Å²) in [6, 6.07) is 59.5. The van der Waals surface area contributed by atoms with Gasteiger partial charge in [-0.05, 0) is 41.5 Å². The smallest absolute Gasteiger partial charge is 0.164 e. The maximum atomic E-state index is 5.45. The Bertz CT molecular complexity index is 3160. The molecule has 0 unspecified atom stereocenters. The largest absolute Gasteiger partial charge is 0.247 e. The Kier molecular flexibility index (Phi) is 7.18. The second-order valence-corrected chi connectivity index (χ2v) is 15.5. The molecule has 6 heteroatoms. The minimum Gasteiger partial charge on any atom is -0.247 e. The minimum absolute atomic E-state index is 0.622. The van der Waals surface area contributed by atoms with Gasteiger partial charge in [0, 0.05) is 68.0 Å². The van der Waals surface area contributed by atoms with Gasteiger partial charge in [-0.15, -0.1) is 22.7 Å². The molecule has 54 heavy (non-hydrogen) atoms. The third kappa shape index (κ3) is 5.11. The zero-order valence-corrected chi connectivity index (χ0v) is 30.4. The van der Waals surface area contributed by atoms with E-state index in [9.17, 15) is 0 Å². The third-order valence-corrected chi connectivity index (χ3v) is 12.5. The highest BCUT2D eigenvalue weighted by atomic mass is 32.1. The van der Waals surface area contributed by atoms with Gasteiger partial charge in [0.2, 0.25) is 0 Å². The van der Waals surface area contributed by atoms with E-state index >= 15 is 0 Å². The monoisotopic (exact) mass is 724 g/mol. The average molecular weight is 725 g/mol. The molecule has 0 amide bonds. The van der Waals surface area contributed by atoms with Crippen molar-refractivity contribution in [2.24, 2.45) is 0 Å². The van der Waals surface area contributed by atoms with E-state index in [0.717, 1.165) is 33.5 Å². The van der Waals surface area contributed by atoms with E-state index in [0.29, 0.717) is 17.5 Å². The molecular weight excluding hydrogens is 697 g/mol. The van der Waals surface area contributed by atoms with Gasteiger partial charge >= 0.3 is 0 Å². The van der Waals surface area contributed by atoms with Gasteiger partial charge in [0.15, 0.2) is 17.5 Å². The molecule has 0 spiro atoms. The molecule has 0 atom stereocenters. The van der Waals surface area contributed by atoms with Crippen LogP contribution >= 0.6 is 22.7 Å². The normalized spacial score (nSPS) is 11.7. The highest BCUT2D eigenvalue weighted by Crippen LogP contribution is 2.45. The first kappa shape index (κ1) is 31.0. The molecule has 7 aromatic carbocycles. The summed E-state index contributed by atoms with van der Waals surface area (Å²) in [7, 11) is 0. The van der Waals surface area contributed by atoms with Crippen LogP contribution in [-0.2, 0) is 0 Å². The molecule has 11 rings (SSSR count). The van der Waals surface area contributed by atoms with E-state index in [1.54, 1.807) is 0 Å². The molecule has 252 valence electrons. The van der Waals surface area contributed by atoms with Gasteiger partial charge < -0.3 is 0 Å². The molecule has 4 heterocycles. The molecule has 0 aliphatic rings. The van der Waals surface area contributed by atoms with Gasteiger partial charge in [-0.3, -0.25) is 0 Å². The van der Waals surface area contributed by atoms with Gasteiger partial charge in [-0.25, -0.2) is 19.9 Å². The molecular formula is C48H28N4S2. The summed E-state index contributed by atoms with van der Waals surface area (Å²) in [6.07, 6.45) is 0. The van der Waals surface area contributed by atoms with Crippen molar-refractivity contribution >= 4 is 73.9 Å². The molecule has 0 saturated heterocycles. The van der Waals surface area contributed by atoms with Gasteiger partial charge in [0.1, 0.15) is 0 Å². The zero-order valence-electron chi connectivity index (χ0n) is 28.8. The SMILES string of the molecule is c1ccc(-c2nc(-c3ccccc3)nc(-c3cccc(-c4nc5ccc(-c6cccc7c6sc6ccccc67)cc5c5sc6ccccc6c45)c3)n2)cc1. The van der Waals surface area contributed by atoms with Gasteiger partial charge in [0.25, 0.3) is 0 Å². The van der Waals surface area contributed by atoms with Crippen molar-refractivity contribution in [3.8, 4) is 56.5 Å². The quantitative estimate of drug-likeness (QED) is 0.177. The van der Waals surface area contributed by atoms with Crippen LogP contribution in [-0.4, -0.2) is 19.9 Å². The minimum atomic E-state index is 0.622. The van der Waals surface area contributed by atoms with Crippen LogP contribution in [0.5, 0.6) is 0 Å². The predicted octanol–water partition coefficient (Wildman–Crippen LogP) is 13.5. The molecule has 0 saturated carbocycles. The molecule has 11 aromatic rings. The van der Waals surface area contributed by atoms with Crippen LogP contribution in [0.15, 0.2) is 170 Å². The van der Waals surface area contributed by atoms with E-state index in [1.165, 1.54) is 56.9 Å². The van der Waals surface area contributed by atoms with Crippen molar-refractivity contribution in [3.63, 3.8) is 0 Å². The Morgan fingerprint density at radius 3 is 1.63 bits per heavy atom. The maximum Gasteiger partial charge on any atom is 0.164 e. The van der Waals surface area contributed by atoms with Crippen LogP contribution in [0, 0.1) is 0 Å². The molecule has 0 N–H and O–H groups in total. The molecule has 4 nitrogen and oxygen atoms in total. The highest BCUT2D eigenvalue weighted by Gasteiger charge is 2.19. The number of rotatable bonds is 5. The zero-order chi connectivity index (χ0) is 35.6. The lowest BCUT2D eigenvalue weighted by Gasteiger charge is -2.12.